The summed E-state index contributed by atoms with van der Waals surface area (Å²) < 4.78 is 1.15. The molecule has 80 valence electrons. The molecule has 0 bridgehead atoms. The second kappa shape index (κ2) is 6.56. The minimum atomic E-state index is 0.243. The third-order valence-electron chi connectivity index (χ3n) is 1.96. The minimum absolute atomic E-state index is 0.243. The molecule has 0 aliphatic heterocycles. The molecule has 1 rings (SSSR count). The first-order chi connectivity index (χ1) is 6.76. The van der Waals surface area contributed by atoms with Gasteiger partial charge in [-0.1, -0.05) is 6.92 Å². The highest BCUT2D eigenvalue weighted by molar-refractivity contribution is 9.10. The quantitative estimate of drug-likeness (QED) is 0.865. The maximum absolute atomic E-state index is 8.90. The van der Waals surface area contributed by atoms with Crippen molar-refractivity contribution in [2.45, 2.75) is 19.9 Å². The Kier molecular flexibility index (Phi) is 5.70. The lowest BCUT2D eigenvalue weighted by Crippen LogP contribution is -2.26. The van der Waals surface area contributed by atoms with Crippen LogP contribution in [0.4, 0.5) is 0 Å². The zero-order valence-electron chi connectivity index (χ0n) is 8.37. The van der Waals surface area contributed by atoms with Gasteiger partial charge in [-0.15, -0.1) is 11.3 Å². The van der Waals surface area contributed by atoms with E-state index in [0.29, 0.717) is 0 Å². The van der Waals surface area contributed by atoms with Crippen LogP contribution in [0.3, 0.4) is 0 Å². The van der Waals surface area contributed by atoms with Gasteiger partial charge in [0.05, 0.1) is 6.61 Å². The third-order valence-corrected chi connectivity index (χ3v) is 3.64. The fourth-order valence-electron chi connectivity index (χ4n) is 1.38. The minimum Gasteiger partial charge on any atom is -0.395 e. The molecule has 0 fully saturated rings. The van der Waals surface area contributed by atoms with Gasteiger partial charge in [0.15, 0.2) is 0 Å². The molecule has 1 N–H and O–H groups in total. The van der Waals surface area contributed by atoms with Crippen LogP contribution < -0.4 is 0 Å². The van der Waals surface area contributed by atoms with Crippen molar-refractivity contribution in [3.63, 3.8) is 0 Å². The van der Waals surface area contributed by atoms with Gasteiger partial charge in [0, 0.05) is 27.8 Å². The molecule has 0 amide bonds. The van der Waals surface area contributed by atoms with Crippen molar-refractivity contribution in [2.75, 3.05) is 19.7 Å². The van der Waals surface area contributed by atoms with Crippen molar-refractivity contribution in [3.05, 3.63) is 20.8 Å². The zero-order valence-corrected chi connectivity index (χ0v) is 10.8. The molecule has 4 heteroatoms. The SMILES string of the molecule is CCCN(CCO)Cc1cc(Br)cs1. The van der Waals surface area contributed by atoms with Gasteiger partial charge >= 0.3 is 0 Å². The topological polar surface area (TPSA) is 23.5 Å². The molecule has 2 nitrogen and oxygen atoms in total. The number of nitrogens with zero attached hydrogens (tertiary/aromatic N) is 1. The Morgan fingerprint density at radius 1 is 1.50 bits per heavy atom. The summed E-state index contributed by atoms with van der Waals surface area (Å²) in [5, 5.41) is 11.0. The highest BCUT2D eigenvalue weighted by atomic mass is 79.9. The number of hydrogen-bond acceptors (Lipinski definition) is 3. The number of hydrogen-bond donors (Lipinski definition) is 1. The maximum atomic E-state index is 8.90. The summed E-state index contributed by atoms with van der Waals surface area (Å²) in [7, 11) is 0. The molecule has 0 radical (unpaired) electrons. The van der Waals surface area contributed by atoms with Crippen LogP contribution in [0.25, 0.3) is 0 Å². The van der Waals surface area contributed by atoms with Gasteiger partial charge < -0.3 is 5.11 Å². The van der Waals surface area contributed by atoms with Crippen LogP contribution in [-0.4, -0.2) is 29.7 Å². The third kappa shape index (κ3) is 4.09. The van der Waals surface area contributed by atoms with Crippen molar-refractivity contribution in [3.8, 4) is 0 Å². The molecule has 14 heavy (non-hydrogen) atoms. The number of rotatable bonds is 6. The van der Waals surface area contributed by atoms with Crippen LogP contribution in [-0.2, 0) is 6.54 Å². The van der Waals surface area contributed by atoms with Crippen molar-refractivity contribution < 1.29 is 5.11 Å². The smallest absolute Gasteiger partial charge is 0.0558 e. The van der Waals surface area contributed by atoms with E-state index in [2.05, 4.69) is 39.2 Å². The van der Waals surface area contributed by atoms with E-state index in [1.165, 1.54) is 4.88 Å². The second-order valence-corrected chi connectivity index (χ2v) is 5.14. The van der Waals surface area contributed by atoms with Gasteiger partial charge in [0.2, 0.25) is 0 Å². The predicted octanol–water partition coefficient (Wildman–Crippen LogP) is 2.71. The van der Waals surface area contributed by atoms with E-state index >= 15 is 0 Å². The van der Waals surface area contributed by atoms with Crippen LogP contribution in [0.2, 0.25) is 0 Å². The van der Waals surface area contributed by atoms with E-state index in [-0.39, 0.29) is 6.61 Å². The Hall–Kier alpha value is 0.1000. The van der Waals surface area contributed by atoms with Gasteiger partial charge in [-0.2, -0.15) is 0 Å². The van der Waals surface area contributed by atoms with E-state index in [0.717, 1.165) is 30.5 Å². The van der Waals surface area contributed by atoms with Crippen LogP contribution in [0.15, 0.2) is 15.9 Å². The van der Waals surface area contributed by atoms with Gasteiger partial charge in [-0.3, -0.25) is 4.90 Å². The largest absolute Gasteiger partial charge is 0.395 e. The molecular weight excluding hydrogens is 262 g/mol. The Balaban J connectivity index is 2.46. The van der Waals surface area contributed by atoms with Gasteiger partial charge in [0.25, 0.3) is 0 Å². The summed E-state index contributed by atoms with van der Waals surface area (Å²) in [5.74, 6) is 0. The maximum Gasteiger partial charge on any atom is 0.0558 e. The predicted molar refractivity (Wildman–Crippen MR) is 64.7 cm³/mol. The Morgan fingerprint density at radius 3 is 2.79 bits per heavy atom. The lowest BCUT2D eigenvalue weighted by Gasteiger charge is -2.19. The summed E-state index contributed by atoms with van der Waals surface area (Å²) in [6.45, 7) is 5.17. The fourth-order valence-corrected chi connectivity index (χ4v) is 2.88. The molecule has 0 atom stereocenters. The zero-order chi connectivity index (χ0) is 10.4. The number of aliphatic hydroxyl groups is 1. The molecular formula is C10H16BrNOS. The van der Waals surface area contributed by atoms with E-state index in [1.54, 1.807) is 11.3 Å². The Morgan fingerprint density at radius 2 is 2.29 bits per heavy atom. The molecule has 0 saturated carbocycles. The monoisotopic (exact) mass is 277 g/mol. The van der Waals surface area contributed by atoms with E-state index in [1.807, 2.05) is 0 Å². The molecule has 0 unspecified atom stereocenters. The normalized spacial score (nSPS) is 11.1. The summed E-state index contributed by atoms with van der Waals surface area (Å²) in [6, 6.07) is 2.14. The first-order valence-corrected chi connectivity index (χ1v) is 6.49. The van der Waals surface area contributed by atoms with Gasteiger partial charge in [-0.05, 0) is 35.0 Å². The van der Waals surface area contributed by atoms with Crippen molar-refractivity contribution in [1.29, 1.82) is 0 Å². The number of thiophene rings is 1. The molecule has 0 aliphatic rings. The summed E-state index contributed by atoms with van der Waals surface area (Å²) in [4.78, 5) is 3.62. The van der Waals surface area contributed by atoms with E-state index in [9.17, 15) is 0 Å². The van der Waals surface area contributed by atoms with Gasteiger partial charge in [-0.25, -0.2) is 0 Å². The first-order valence-electron chi connectivity index (χ1n) is 4.82. The molecule has 1 aromatic rings. The van der Waals surface area contributed by atoms with Crippen LogP contribution in [0.1, 0.15) is 18.2 Å². The highest BCUT2D eigenvalue weighted by Gasteiger charge is 2.05. The summed E-state index contributed by atoms with van der Waals surface area (Å²) in [5.41, 5.74) is 0. The molecule has 0 saturated heterocycles. The van der Waals surface area contributed by atoms with Gasteiger partial charge in [0.1, 0.15) is 0 Å². The Labute approximate surface area is 97.7 Å². The van der Waals surface area contributed by atoms with Crippen molar-refractivity contribution >= 4 is 27.3 Å². The second-order valence-electron chi connectivity index (χ2n) is 3.23. The lowest BCUT2D eigenvalue weighted by molar-refractivity contribution is 0.191. The summed E-state index contributed by atoms with van der Waals surface area (Å²) >= 11 is 5.20. The van der Waals surface area contributed by atoms with Crippen LogP contribution >= 0.6 is 27.3 Å². The standard InChI is InChI=1S/C10H16BrNOS/c1-2-3-12(4-5-13)7-10-6-9(11)8-14-10/h6,8,13H,2-5,7H2,1H3. The van der Waals surface area contributed by atoms with Crippen molar-refractivity contribution in [1.82, 2.24) is 4.90 Å². The van der Waals surface area contributed by atoms with Crippen molar-refractivity contribution in [2.24, 2.45) is 0 Å². The number of aliphatic hydroxyl groups excluding tert-OH is 1. The first kappa shape index (κ1) is 12.2. The lowest BCUT2D eigenvalue weighted by atomic mass is 10.3. The molecule has 0 spiro atoms. The van der Waals surface area contributed by atoms with E-state index in [4.69, 9.17) is 5.11 Å². The number of halogens is 1. The molecule has 1 heterocycles. The average molecular weight is 278 g/mol. The van der Waals surface area contributed by atoms with Crippen LogP contribution in [0.5, 0.6) is 0 Å². The average Bonchev–Trinajstić information content (AvgIpc) is 2.52. The Bertz CT molecular complexity index is 258. The van der Waals surface area contributed by atoms with E-state index < -0.39 is 0 Å². The fraction of sp³-hybridized carbons (Fsp3) is 0.600. The summed E-state index contributed by atoms with van der Waals surface area (Å²) in [6.07, 6.45) is 1.13. The highest BCUT2D eigenvalue weighted by Crippen LogP contribution is 2.21. The molecule has 0 aromatic carbocycles. The molecule has 0 aliphatic carbocycles. The molecule has 1 aromatic heterocycles. The van der Waals surface area contributed by atoms with Crippen LogP contribution in [0, 0.1) is 0 Å².